The number of nitro groups is 1. The molecule has 0 aliphatic carbocycles. The molecule has 0 fully saturated rings. The van der Waals surface area contributed by atoms with E-state index in [9.17, 15) is 10.1 Å². The number of nitrogens with one attached hydrogen (secondary N) is 2. The fourth-order valence-electron chi connectivity index (χ4n) is 1.95. The average molecular weight is 321 g/mol. The summed E-state index contributed by atoms with van der Waals surface area (Å²) in [5.74, 6) is 0.530. The van der Waals surface area contributed by atoms with Gasteiger partial charge in [0.2, 0.25) is 11.6 Å². The molecule has 8 heteroatoms. The van der Waals surface area contributed by atoms with Gasteiger partial charge in [0.25, 0.3) is 0 Å². The minimum absolute atomic E-state index is 0.0928. The van der Waals surface area contributed by atoms with Crippen molar-refractivity contribution in [3.63, 3.8) is 0 Å². The van der Waals surface area contributed by atoms with Crippen molar-refractivity contribution < 1.29 is 4.92 Å². The van der Waals surface area contributed by atoms with Crippen LogP contribution in [0, 0.1) is 10.1 Å². The van der Waals surface area contributed by atoms with E-state index < -0.39 is 4.92 Å². The van der Waals surface area contributed by atoms with Gasteiger partial charge in [-0.1, -0.05) is 19.4 Å². The lowest BCUT2D eigenvalue weighted by Gasteiger charge is -2.09. The Labute approximate surface area is 133 Å². The zero-order valence-electron chi connectivity index (χ0n) is 12.4. The molecule has 0 aliphatic rings. The van der Waals surface area contributed by atoms with Crippen LogP contribution in [0.4, 0.5) is 17.3 Å². The van der Waals surface area contributed by atoms with E-state index in [4.69, 9.17) is 0 Å². The molecule has 0 saturated carbocycles. The van der Waals surface area contributed by atoms with Gasteiger partial charge in [-0.3, -0.25) is 10.1 Å². The van der Waals surface area contributed by atoms with Crippen LogP contribution in [0.25, 0.3) is 0 Å². The molecule has 22 heavy (non-hydrogen) atoms. The van der Waals surface area contributed by atoms with Crippen molar-refractivity contribution >= 4 is 28.7 Å². The predicted octanol–water partition coefficient (Wildman–Crippen LogP) is 3.31. The summed E-state index contributed by atoms with van der Waals surface area (Å²) in [4.78, 5) is 20.1. The first-order chi connectivity index (χ1) is 10.7. The van der Waals surface area contributed by atoms with E-state index in [2.05, 4.69) is 27.5 Å². The lowest BCUT2D eigenvalue weighted by Crippen LogP contribution is -2.12. The number of nitrogens with zero attached hydrogens (tertiary/aromatic N) is 3. The number of aromatic nitrogens is 2. The molecule has 0 amide bonds. The van der Waals surface area contributed by atoms with E-state index in [0.717, 1.165) is 19.3 Å². The molecule has 0 radical (unpaired) electrons. The molecule has 0 atom stereocenters. The normalized spacial score (nSPS) is 10.4. The highest BCUT2D eigenvalue weighted by Crippen LogP contribution is 2.28. The Morgan fingerprint density at radius 3 is 2.59 bits per heavy atom. The molecule has 118 valence electrons. The molecule has 0 aromatic carbocycles. The van der Waals surface area contributed by atoms with Gasteiger partial charge in [0, 0.05) is 18.0 Å². The number of thiophene rings is 1. The van der Waals surface area contributed by atoms with Crippen LogP contribution in [0.5, 0.6) is 0 Å². The molecule has 2 aromatic heterocycles. The molecule has 2 aromatic rings. The molecule has 0 saturated heterocycles. The van der Waals surface area contributed by atoms with Crippen LogP contribution in [0.2, 0.25) is 0 Å². The van der Waals surface area contributed by atoms with E-state index in [-0.39, 0.29) is 17.3 Å². The van der Waals surface area contributed by atoms with Crippen molar-refractivity contribution in [1.82, 2.24) is 9.97 Å². The van der Waals surface area contributed by atoms with Crippen LogP contribution in [0.3, 0.4) is 0 Å². The Morgan fingerprint density at radius 1 is 1.27 bits per heavy atom. The number of hydrogen-bond acceptors (Lipinski definition) is 7. The standard InChI is InChI=1S/C14H19N5O2S/c1-2-3-7-15-13-12(19(20)21)14(18-10-17-13)16-8-6-11-5-4-9-22-11/h4-5,9-10H,2-3,6-8H2,1H3,(H2,15,16,17,18). The Balaban J connectivity index is 2.05. The average Bonchev–Trinajstić information content (AvgIpc) is 3.01. The second-order valence-corrected chi connectivity index (χ2v) is 5.75. The van der Waals surface area contributed by atoms with Crippen molar-refractivity contribution in [1.29, 1.82) is 0 Å². The van der Waals surface area contributed by atoms with Crippen LogP contribution in [0.15, 0.2) is 23.8 Å². The third-order valence-electron chi connectivity index (χ3n) is 3.07. The first-order valence-corrected chi connectivity index (χ1v) is 8.09. The highest BCUT2D eigenvalue weighted by atomic mass is 32.1. The maximum Gasteiger partial charge on any atom is 0.353 e. The molecule has 7 nitrogen and oxygen atoms in total. The van der Waals surface area contributed by atoms with Crippen LogP contribution in [-0.4, -0.2) is 28.0 Å². The highest BCUT2D eigenvalue weighted by Gasteiger charge is 2.22. The van der Waals surface area contributed by atoms with Crippen LogP contribution in [0.1, 0.15) is 24.6 Å². The van der Waals surface area contributed by atoms with Crippen LogP contribution < -0.4 is 10.6 Å². The molecular formula is C14H19N5O2S. The van der Waals surface area contributed by atoms with E-state index in [1.165, 1.54) is 11.2 Å². The predicted molar refractivity (Wildman–Crippen MR) is 88.6 cm³/mol. The van der Waals surface area contributed by atoms with Gasteiger partial charge in [-0.15, -0.1) is 11.3 Å². The van der Waals surface area contributed by atoms with Gasteiger partial charge >= 0.3 is 5.69 Å². The number of rotatable bonds is 9. The minimum Gasteiger partial charge on any atom is -0.364 e. The summed E-state index contributed by atoms with van der Waals surface area (Å²) in [5, 5.41) is 19.4. The van der Waals surface area contributed by atoms with Crippen molar-refractivity contribution in [2.75, 3.05) is 23.7 Å². The molecule has 2 heterocycles. The fourth-order valence-corrected chi connectivity index (χ4v) is 2.66. The smallest absolute Gasteiger partial charge is 0.353 e. The molecule has 2 rings (SSSR count). The maximum atomic E-state index is 11.3. The summed E-state index contributed by atoms with van der Waals surface area (Å²) in [5.41, 5.74) is -0.0928. The molecule has 0 bridgehead atoms. The van der Waals surface area contributed by atoms with Crippen molar-refractivity contribution in [3.05, 3.63) is 38.8 Å². The van der Waals surface area contributed by atoms with Gasteiger partial charge in [-0.05, 0) is 24.3 Å². The van der Waals surface area contributed by atoms with Gasteiger partial charge in [-0.25, -0.2) is 9.97 Å². The summed E-state index contributed by atoms with van der Waals surface area (Å²) in [6.07, 6.45) is 4.09. The zero-order chi connectivity index (χ0) is 15.8. The van der Waals surface area contributed by atoms with Gasteiger partial charge in [0.1, 0.15) is 6.33 Å². The minimum atomic E-state index is -0.443. The Hall–Kier alpha value is -2.22. The zero-order valence-corrected chi connectivity index (χ0v) is 13.2. The van der Waals surface area contributed by atoms with Crippen molar-refractivity contribution in [3.8, 4) is 0 Å². The Kier molecular flexibility index (Phi) is 6.08. The Morgan fingerprint density at radius 2 is 2.00 bits per heavy atom. The summed E-state index contributed by atoms with van der Waals surface area (Å²) >= 11 is 1.67. The maximum absolute atomic E-state index is 11.3. The van der Waals surface area contributed by atoms with Gasteiger partial charge in [0.05, 0.1) is 4.92 Å². The van der Waals surface area contributed by atoms with E-state index in [1.54, 1.807) is 11.3 Å². The first kappa shape index (κ1) is 16.2. The monoisotopic (exact) mass is 321 g/mol. The lowest BCUT2D eigenvalue weighted by molar-refractivity contribution is -0.383. The molecular weight excluding hydrogens is 302 g/mol. The van der Waals surface area contributed by atoms with Gasteiger partial charge in [0.15, 0.2) is 0 Å². The molecule has 0 unspecified atom stereocenters. The van der Waals surface area contributed by atoms with Crippen molar-refractivity contribution in [2.24, 2.45) is 0 Å². The van der Waals surface area contributed by atoms with Crippen molar-refractivity contribution in [2.45, 2.75) is 26.2 Å². The molecule has 0 aliphatic heterocycles. The largest absolute Gasteiger partial charge is 0.364 e. The molecule has 0 spiro atoms. The fraction of sp³-hybridized carbons (Fsp3) is 0.429. The third-order valence-corrected chi connectivity index (χ3v) is 4.01. The molecule has 2 N–H and O–H groups in total. The Bertz CT molecular complexity index is 603. The summed E-state index contributed by atoms with van der Waals surface area (Å²) in [6, 6.07) is 4.03. The SMILES string of the molecule is CCCCNc1ncnc(NCCc2cccs2)c1[N+](=O)[O-]. The van der Waals surface area contributed by atoms with E-state index in [0.29, 0.717) is 13.1 Å². The van der Waals surface area contributed by atoms with Crippen LogP contribution >= 0.6 is 11.3 Å². The lowest BCUT2D eigenvalue weighted by atomic mass is 10.3. The van der Waals surface area contributed by atoms with E-state index in [1.807, 2.05) is 17.5 Å². The second-order valence-electron chi connectivity index (χ2n) is 4.71. The quantitative estimate of drug-likeness (QED) is 0.418. The van der Waals surface area contributed by atoms with Crippen LogP contribution in [-0.2, 0) is 6.42 Å². The number of anilines is 2. The summed E-state index contributed by atoms with van der Waals surface area (Å²) in [6.45, 7) is 3.31. The second kappa shape index (κ2) is 8.28. The number of unbranched alkanes of at least 4 members (excludes halogenated alkanes) is 1. The first-order valence-electron chi connectivity index (χ1n) is 7.22. The third kappa shape index (κ3) is 4.39. The number of hydrogen-bond donors (Lipinski definition) is 2. The summed E-state index contributed by atoms with van der Waals surface area (Å²) < 4.78 is 0. The topological polar surface area (TPSA) is 93.0 Å². The highest BCUT2D eigenvalue weighted by molar-refractivity contribution is 7.09. The van der Waals surface area contributed by atoms with Gasteiger partial charge in [-0.2, -0.15) is 0 Å². The van der Waals surface area contributed by atoms with Gasteiger partial charge < -0.3 is 10.6 Å². The summed E-state index contributed by atoms with van der Waals surface area (Å²) in [7, 11) is 0. The van der Waals surface area contributed by atoms with E-state index >= 15 is 0 Å².